The third-order valence-electron chi connectivity index (χ3n) is 1.80. The Balaban J connectivity index is 3.07. The number of ether oxygens (including phenoxy) is 2. The van der Waals surface area contributed by atoms with E-state index in [-0.39, 0.29) is 5.75 Å². The third kappa shape index (κ3) is 3.63. The van der Waals surface area contributed by atoms with Crippen LogP contribution in [0, 0.1) is 0 Å². The molecule has 0 bridgehead atoms. The molecule has 0 spiro atoms. The van der Waals surface area contributed by atoms with Gasteiger partial charge in [0.2, 0.25) is 0 Å². The lowest BCUT2D eigenvalue weighted by Gasteiger charge is -2.11. The fraction of sp³-hybridized carbons (Fsp3) is 0.200. The van der Waals surface area contributed by atoms with Crippen molar-refractivity contribution >= 4 is 28.1 Å². The number of nitrogens with zero attached hydrogens (tertiary/aromatic N) is 1. The highest BCUT2D eigenvalue weighted by Gasteiger charge is 2.12. The van der Waals surface area contributed by atoms with Crippen molar-refractivity contribution in [3.8, 4) is 11.5 Å². The van der Waals surface area contributed by atoms with Crippen LogP contribution in [0.1, 0.15) is 5.56 Å². The van der Waals surface area contributed by atoms with E-state index in [1.165, 1.54) is 13.3 Å². The molecule has 0 saturated carbocycles. The van der Waals surface area contributed by atoms with Gasteiger partial charge in [0.25, 0.3) is 0 Å². The molecule has 92 valence electrons. The van der Waals surface area contributed by atoms with Crippen molar-refractivity contribution in [1.29, 1.82) is 0 Å². The van der Waals surface area contributed by atoms with Gasteiger partial charge in [-0.15, -0.1) is 0 Å². The first-order valence-corrected chi connectivity index (χ1v) is 5.27. The van der Waals surface area contributed by atoms with Gasteiger partial charge in [0, 0.05) is 5.56 Å². The van der Waals surface area contributed by atoms with Crippen molar-refractivity contribution in [2.75, 3.05) is 13.7 Å². The van der Waals surface area contributed by atoms with Crippen LogP contribution in [0.3, 0.4) is 0 Å². The van der Waals surface area contributed by atoms with E-state index in [2.05, 4.69) is 21.1 Å². The number of aliphatic carboxylic acids is 1. The quantitative estimate of drug-likeness (QED) is 0.491. The lowest BCUT2D eigenvalue weighted by molar-refractivity contribution is -0.139. The van der Waals surface area contributed by atoms with E-state index in [1.54, 1.807) is 12.1 Å². The number of carboxylic acids is 1. The van der Waals surface area contributed by atoms with Gasteiger partial charge in [0.05, 0.1) is 17.8 Å². The van der Waals surface area contributed by atoms with Crippen molar-refractivity contribution < 1.29 is 24.6 Å². The molecule has 0 heterocycles. The maximum absolute atomic E-state index is 10.4. The molecule has 0 unspecified atom stereocenters. The van der Waals surface area contributed by atoms with E-state index in [0.717, 1.165) is 0 Å². The number of hydrogen-bond acceptors (Lipinski definition) is 5. The maximum atomic E-state index is 10.4. The molecule has 0 fully saturated rings. The molecule has 0 aliphatic rings. The summed E-state index contributed by atoms with van der Waals surface area (Å²) in [7, 11) is 1.43. The molecule has 0 aliphatic carbocycles. The van der Waals surface area contributed by atoms with Crippen molar-refractivity contribution in [2.24, 2.45) is 5.16 Å². The summed E-state index contributed by atoms with van der Waals surface area (Å²) >= 11 is 3.22. The molecule has 0 atom stereocenters. The van der Waals surface area contributed by atoms with Gasteiger partial charge < -0.3 is 19.8 Å². The average molecular weight is 304 g/mol. The van der Waals surface area contributed by atoms with Gasteiger partial charge in [-0.3, -0.25) is 0 Å². The van der Waals surface area contributed by atoms with E-state index in [1.807, 2.05) is 0 Å². The minimum atomic E-state index is -1.08. The van der Waals surface area contributed by atoms with Gasteiger partial charge in [-0.25, -0.2) is 4.79 Å². The number of halogens is 1. The fourth-order valence-electron chi connectivity index (χ4n) is 1.15. The lowest BCUT2D eigenvalue weighted by atomic mass is 10.2. The molecule has 17 heavy (non-hydrogen) atoms. The standard InChI is InChI=1S/C10H10BrNO5/c1-16-8-3-6(4-12-15)2-7(11)10(8)17-5-9(13)14/h2-4,15H,5H2,1H3,(H,13,14)/b12-4-. The molecular formula is C10H10BrNO5. The molecule has 6 nitrogen and oxygen atoms in total. The zero-order valence-corrected chi connectivity index (χ0v) is 10.5. The summed E-state index contributed by atoms with van der Waals surface area (Å²) in [6, 6.07) is 3.17. The molecule has 0 aromatic heterocycles. The summed E-state index contributed by atoms with van der Waals surface area (Å²) < 4.78 is 10.6. The number of rotatable bonds is 5. The van der Waals surface area contributed by atoms with Gasteiger partial charge in [0.1, 0.15) is 0 Å². The number of oxime groups is 1. The maximum Gasteiger partial charge on any atom is 0.341 e. The van der Waals surface area contributed by atoms with Crippen molar-refractivity contribution in [3.63, 3.8) is 0 Å². The van der Waals surface area contributed by atoms with Crippen LogP contribution in [-0.4, -0.2) is 36.2 Å². The van der Waals surface area contributed by atoms with Crippen molar-refractivity contribution in [3.05, 3.63) is 22.2 Å². The highest BCUT2D eigenvalue weighted by Crippen LogP contribution is 2.36. The third-order valence-corrected chi connectivity index (χ3v) is 2.39. The van der Waals surface area contributed by atoms with Crippen LogP contribution in [0.4, 0.5) is 0 Å². The SMILES string of the molecule is COc1cc(/C=N\O)cc(Br)c1OCC(=O)O. The normalized spacial score (nSPS) is 10.5. The van der Waals surface area contributed by atoms with E-state index >= 15 is 0 Å². The molecular weight excluding hydrogens is 294 g/mol. The summed E-state index contributed by atoms with van der Waals surface area (Å²) in [6.45, 7) is -0.470. The van der Waals surface area contributed by atoms with E-state index in [4.69, 9.17) is 19.8 Å². The second kappa shape index (κ2) is 6.09. The number of carboxylic acid groups (broad SMARTS) is 1. The molecule has 0 amide bonds. The van der Waals surface area contributed by atoms with Crippen LogP contribution >= 0.6 is 15.9 Å². The Morgan fingerprint density at radius 2 is 2.29 bits per heavy atom. The minimum absolute atomic E-state index is 0.282. The van der Waals surface area contributed by atoms with Gasteiger partial charge in [-0.2, -0.15) is 0 Å². The highest BCUT2D eigenvalue weighted by atomic mass is 79.9. The molecule has 7 heteroatoms. The first kappa shape index (κ1) is 13.3. The monoisotopic (exact) mass is 303 g/mol. The van der Waals surface area contributed by atoms with Crippen LogP contribution in [0.5, 0.6) is 11.5 Å². The first-order valence-electron chi connectivity index (χ1n) is 4.48. The molecule has 0 saturated heterocycles. The van der Waals surface area contributed by atoms with Crippen LogP contribution in [0.15, 0.2) is 21.8 Å². The molecule has 1 rings (SSSR count). The Bertz CT molecular complexity index is 447. The Hall–Kier alpha value is -1.76. The average Bonchev–Trinajstić information content (AvgIpc) is 2.27. The number of hydrogen-bond donors (Lipinski definition) is 2. The minimum Gasteiger partial charge on any atom is -0.493 e. The Morgan fingerprint density at radius 3 is 2.82 bits per heavy atom. The summed E-state index contributed by atoms with van der Waals surface area (Å²) in [5.74, 6) is -0.458. The molecule has 1 aromatic rings. The predicted octanol–water partition coefficient (Wildman–Crippen LogP) is 1.73. The van der Waals surface area contributed by atoms with Gasteiger partial charge in [-0.1, -0.05) is 5.16 Å². The predicted molar refractivity (Wildman–Crippen MR) is 63.2 cm³/mol. The Labute approximate surface area is 106 Å². The number of benzene rings is 1. The van der Waals surface area contributed by atoms with Gasteiger partial charge >= 0.3 is 5.97 Å². The number of methoxy groups -OCH3 is 1. The van der Waals surface area contributed by atoms with Crippen LogP contribution in [0.2, 0.25) is 0 Å². The van der Waals surface area contributed by atoms with Crippen LogP contribution < -0.4 is 9.47 Å². The smallest absolute Gasteiger partial charge is 0.341 e. The summed E-state index contributed by atoms with van der Waals surface area (Å²) in [5.41, 5.74) is 0.582. The highest BCUT2D eigenvalue weighted by molar-refractivity contribution is 9.10. The topological polar surface area (TPSA) is 88.4 Å². The molecule has 0 radical (unpaired) electrons. The fourth-order valence-corrected chi connectivity index (χ4v) is 1.73. The zero-order valence-electron chi connectivity index (χ0n) is 8.88. The van der Waals surface area contributed by atoms with Crippen LogP contribution in [-0.2, 0) is 4.79 Å². The molecule has 0 aliphatic heterocycles. The van der Waals surface area contributed by atoms with E-state index < -0.39 is 12.6 Å². The first-order chi connectivity index (χ1) is 8.08. The van der Waals surface area contributed by atoms with Crippen molar-refractivity contribution in [2.45, 2.75) is 0 Å². The van der Waals surface area contributed by atoms with Gasteiger partial charge in [0.15, 0.2) is 18.1 Å². The van der Waals surface area contributed by atoms with E-state index in [9.17, 15) is 4.79 Å². The molecule has 1 aromatic carbocycles. The second-order valence-electron chi connectivity index (χ2n) is 2.96. The zero-order chi connectivity index (χ0) is 12.8. The van der Waals surface area contributed by atoms with Crippen LogP contribution in [0.25, 0.3) is 0 Å². The lowest BCUT2D eigenvalue weighted by Crippen LogP contribution is -2.10. The second-order valence-corrected chi connectivity index (χ2v) is 3.82. The number of carbonyl (C=O) groups is 1. The van der Waals surface area contributed by atoms with Gasteiger partial charge in [-0.05, 0) is 28.1 Å². The summed E-state index contributed by atoms with van der Waals surface area (Å²) in [6.07, 6.45) is 1.22. The largest absolute Gasteiger partial charge is 0.493 e. The van der Waals surface area contributed by atoms with Crippen molar-refractivity contribution in [1.82, 2.24) is 0 Å². The molecule has 2 N–H and O–H groups in total. The Kier molecular flexibility index (Phi) is 4.77. The van der Waals surface area contributed by atoms with E-state index in [0.29, 0.717) is 15.8 Å². The summed E-state index contributed by atoms with van der Waals surface area (Å²) in [4.78, 5) is 10.4. The summed E-state index contributed by atoms with van der Waals surface area (Å²) in [5, 5.41) is 19.8. The Morgan fingerprint density at radius 1 is 1.59 bits per heavy atom.